The van der Waals surface area contributed by atoms with Crippen molar-refractivity contribution in [1.29, 1.82) is 0 Å². The van der Waals surface area contributed by atoms with Crippen LogP contribution in [0.25, 0.3) is 0 Å². The number of benzene rings is 2. The van der Waals surface area contributed by atoms with Gasteiger partial charge in [0.05, 0.1) is 7.11 Å². The summed E-state index contributed by atoms with van der Waals surface area (Å²) in [5.41, 5.74) is 0. The van der Waals surface area contributed by atoms with E-state index in [-0.39, 0.29) is 16.4 Å². The lowest BCUT2D eigenvalue weighted by molar-refractivity contribution is 0.398. The van der Waals surface area contributed by atoms with Crippen molar-refractivity contribution in [2.45, 2.75) is 4.90 Å². The van der Waals surface area contributed by atoms with E-state index >= 15 is 0 Å². The van der Waals surface area contributed by atoms with E-state index in [1.807, 2.05) is 0 Å². The lowest BCUT2D eigenvalue weighted by Crippen LogP contribution is -2.11. The van der Waals surface area contributed by atoms with Crippen LogP contribution in [0.4, 0.5) is 0 Å². The maximum atomic E-state index is 12.2. The molecule has 0 saturated carbocycles. The van der Waals surface area contributed by atoms with Crippen LogP contribution in [-0.2, 0) is 10.1 Å². The van der Waals surface area contributed by atoms with Gasteiger partial charge in [0.1, 0.15) is 16.4 Å². The molecule has 0 radical (unpaired) electrons. The van der Waals surface area contributed by atoms with Gasteiger partial charge in [-0.2, -0.15) is 8.42 Å². The van der Waals surface area contributed by atoms with Gasteiger partial charge in [-0.15, -0.1) is 0 Å². The van der Waals surface area contributed by atoms with E-state index < -0.39 is 10.1 Å². The molecule has 2 aromatic carbocycles. The lowest BCUT2D eigenvalue weighted by atomic mass is 10.3. The second-order valence-electron chi connectivity index (χ2n) is 3.65. The topological polar surface area (TPSA) is 52.6 Å². The predicted molar refractivity (Wildman–Crippen MR) is 74.9 cm³/mol. The van der Waals surface area contributed by atoms with Gasteiger partial charge in [0.25, 0.3) is 0 Å². The van der Waals surface area contributed by atoms with Crippen LogP contribution >= 0.6 is 15.9 Å². The molecule has 0 fully saturated rings. The van der Waals surface area contributed by atoms with Crippen molar-refractivity contribution in [3.63, 3.8) is 0 Å². The van der Waals surface area contributed by atoms with Crippen molar-refractivity contribution in [1.82, 2.24) is 0 Å². The van der Waals surface area contributed by atoms with Crippen molar-refractivity contribution < 1.29 is 17.3 Å². The standard InChI is InChI=1S/C13H11BrO4S/c1-17-12-7-2-3-8-13(12)19(15,16)18-11-6-4-5-10(14)9-11/h2-9H,1H3. The number of hydrogen-bond acceptors (Lipinski definition) is 4. The lowest BCUT2D eigenvalue weighted by Gasteiger charge is -2.10. The Morgan fingerprint density at radius 2 is 1.79 bits per heavy atom. The third-order valence-electron chi connectivity index (χ3n) is 2.34. The van der Waals surface area contributed by atoms with Crippen LogP contribution in [0.2, 0.25) is 0 Å². The zero-order valence-corrected chi connectivity index (χ0v) is 12.4. The Balaban J connectivity index is 2.38. The summed E-state index contributed by atoms with van der Waals surface area (Å²) in [5.74, 6) is 0.484. The first kappa shape index (κ1) is 13.9. The second-order valence-corrected chi connectivity index (χ2v) is 6.08. The molecule has 0 aliphatic heterocycles. The molecule has 0 heterocycles. The minimum atomic E-state index is -3.92. The number of halogens is 1. The van der Waals surface area contributed by atoms with Crippen molar-refractivity contribution >= 4 is 26.0 Å². The summed E-state index contributed by atoms with van der Waals surface area (Å²) < 4.78 is 35.2. The third kappa shape index (κ3) is 3.27. The first-order chi connectivity index (χ1) is 9.03. The zero-order chi connectivity index (χ0) is 13.9. The molecule has 6 heteroatoms. The molecule has 0 spiro atoms. The summed E-state index contributed by atoms with van der Waals surface area (Å²) in [6.07, 6.45) is 0. The minimum Gasteiger partial charge on any atom is -0.495 e. The van der Waals surface area contributed by atoms with Crippen LogP contribution in [-0.4, -0.2) is 15.5 Å². The number of hydrogen-bond donors (Lipinski definition) is 0. The van der Waals surface area contributed by atoms with E-state index in [1.165, 1.54) is 13.2 Å². The highest BCUT2D eigenvalue weighted by Gasteiger charge is 2.21. The molecule has 2 aromatic rings. The summed E-state index contributed by atoms with van der Waals surface area (Å²) in [4.78, 5) is -0.00234. The van der Waals surface area contributed by atoms with Crippen LogP contribution in [0.5, 0.6) is 11.5 Å². The van der Waals surface area contributed by atoms with E-state index in [1.54, 1.807) is 42.5 Å². The van der Waals surface area contributed by atoms with Crippen LogP contribution in [0, 0.1) is 0 Å². The molecular weight excluding hydrogens is 332 g/mol. The Hall–Kier alpha value is -1.53. The molecule has 0 unspecified atom stereocenters. The van der Waals surface area contributed by atoms with Crippen molar-refractivity contribution in [3.8, 4) is 11.5 Å². The average molecular weight is 343 g/mol. The van der Waals surface area contributed by atoms with E-state index in [0.717, 1.165) is 4.47 Å². The third-order valence-corrected chi connectivity index (χ3v) is 4.12. The van der Waals surface area contributed by atoms with Crippen molar-refractivity contribution in [2.75, 3.05) is 7.11 Å². The molecule has 0 N–H and O–H groups in total. The molecule has 4 nitrogen and oxygen atoms in total. The molecule has 0 aliphatic carbocycles. The van der Waals surface area contributed by atoms with E-state index in [0.29, 0.717) is 0 Å². The number of methoxy groups -OCH3 is 1. The van der Waals surface area contributed by atoms with E-state index in [4.69, 9.17) is 8.92 Å². The number of ether oxygens (including phenoxy) is 1. The van der Waals surface area contributed by atoms with Gasteiger partial charge in [0.2, 0.25) is 0 Å². The Labute approximate surface area is 120 Å². The fourth-order valence-corrected chi connectivity index (χ4v) is 2.98. The first-order valence-electron chi connectivity index (χ1n) is 5.36. The first-order valence-corrected chi connectivity index (χ1v) is 7.56. The maximum absolute atomic E-state index is 12.2. The molecule has 19 heavy (non-hydrogen) atoms. The van der Waals surface area contributed by atoms with Gasteiger partial charge in [-0.05, 0) is 30.3 Å². The fraction of sp³-hybridized carbons (Fsp3) is 0.0769. The Morgan fingerprint density at radius 3 is 2.47 bits per heavy atom. The Morgan fingerprint density at radius 1 is 1.05 bits per heavy atom. The largest absolute Gasteiger partial charge is 0.495 e. The monoisotopic (exact) mass is 342 g/mol. The summed E-state index contributed by atoms with van der Waals surface area (Å²) >= 11 is 3.25. The molecule has 0 aliphatic rings. The average Bonchev–Trinajstić information content (AvgIpc) is 2.38. The molecule has 100 valence electrons. The van der Waals surface area contributed by atoms with Gasteiger partial charge in [-0.25, -0.2) is 0 Å². The van der Waals surface area contributed by atoms with E-state index in [9.17, 15) is 8.42 Å². The normalized spacial score (nSPS) is 11.1. The predicted octanol–water partition coefficient (Wildman–Crippen LogP) is 3.23. The van der Waals surface area contributed by atoms with Crippen LogP contribution < -0.4 is 8.92 Å². The van der Waals surface area contributed by atoms with Gasteiger partial charge in [0.15, 0.2) is 0 Å². The molecular formula is C13H11BrO4S. The van der Waals surface area contributed by atoms with E-state index in [2.05, 4.69) is 15.9 Å². The number of para-hydroxylation sites is 1. The van der Waals surface area contributed by atoms with Crippen LogP contribution in [0.15, 0.2) is 57.9 Å². The molecule has 2 rings (SSSR count). The smallest absolute Gasteiger partial charge is 0.342 e. The summed E-state index contributed by atoms with van der Waals surface area (Å²) in [7, 11) is -2.51. The van der Waals surface area contributed by atoms with Gasteiger partial charge < -0.3 is 8.92 Å². The SMILES string of the molecule is COc1ccccc1S(=O)(=O)Oc1cccc(Br)c1. The quantitative estimate of drug-likeness (QED) is 0.800. The molecule has 0 atom stereocenters. The summed E-state index contributed by atoms with van der Waals surface area (Å²) in [6, 6.07) is 12.9. The fourth-order valence-electron chi connectivity index (χ4n) is 1.52. The van der Waals surface area contributed by atoms with Gasteiger partial charge in [0, 0.05) is 4.47 Å². The zero-order valence-electron chi connectivity index (χ0n) is 10.0. The highest BCUT2D eigenvalue weighted by atomic mass is 79.9. The summed E-state index contributed by atoms with van der Waals surface area (Å²) in [5, 5.41) is 0. The van der Waals surface area contributed by atoms with Gasteiger partial charge in [-0.1, -0.05) is 34.1 Å². The highest BCUT2D eigenvalue weighted by molar-refractivity contribution is 9.10. The highest BCUT2D eigenvalue weighted by Crippen LogP contribution is 2.27. The molecule has 0 aromatic heterocycles. The molecule has 0 bridgehead atoms. The van der Waals surface area contributed by atoms with Crippen LogP contribution in [0.1, 0.15) is 0 Å². The second kappa shape index (κ2) is 5.63. The molecule has 0 amide bonds. The summed E-state index contributed by atoms with van der Waals surface area (Å²) in [6.45, 7) is 0. The maximum Gasteiger partial charge on any atom is 0.342 e. The van der Waals surface area contributed by atoms with Gasteiger partial charge in [-0.3, -0.25) is 0 Å². The Kier molecular flexibility index (Phi) is 4.11. The van der Waals surface area contributed by atoms with Crippen molar-refractivity contribution in [3.05, 3.63) is 53.0 Å². The minimum absolute atomic E-state index is 0.00234. The van der Waals surface area contributed by atoms with Crippen molar-refractivity contribution in [2.24, 2.45) is 0 Å². The van der Waals surface area contributed by atoms with Gasteiger partial charge >= 0.3 is 10.1 Å². The molecule has 0 saturated heterocycles. The number of rotatable bonds is 4. The Bertz CT molecular complexity index is 683. The van der Waals surface area contributed by atoms with Crippen LogP contribution in [0.3, 0.4) is 0 Å².